The minimum atomic E-state index is -0.0236. The second kappa shape index (κ2) is 7.29. The molecule has 0 spiro atoms. The first-order valence-electron chi connectivity index (χ1n) is 7.77. The molecule has 0 unspecified atom stereocenters. The van der Waals surface area contributed by atoms with E-state index in [1.54, 1.807) is 4.90 Å². The number of rotatable bonds is 4. The number of carbonyl (C=O) groups excluding carboxylic acids is 2. The Hall–Kier alpha value is -2.04. The van der Waals surface area contributed by atoms with Crippen molar-refractivity contribution in [1.29, 1.82) is 0 Å². The minimum absolute atomic E-state index is 0.0236. The summed E-state index contributed by atoms with van der Waals surface area (Å²) < 4.78 is 5.66. The predicted octanol–water partition coefficient (Wildman–Crippen LogP) is 1.76. The molecule has 5 nitrogen and oxygen atoms in total. The van der Waals surface area contributed by atoms with Crippen LogP contribution in [0.1, 0.15) is 24.5 Å². The first-order chi connectivity index (χ1) is 10.5. The molecule has 5 heteroatoms. The van der Waals surface area contributed by atoms with Crippen LogP contribution in [0.4, 0.5) is 0 Å². The van der Waals surface area contributed by atoms with Crippen molar-refractivity contribution in [2.45, 2.75) is 27.2 Å². The van der Waals surface area contributed by atoms with E-state index in [0.717, 1.165) is 16.9 Å². The summed E-state index contributed by atoms with van der Waals surface area (Å²) in [6.45, 7) is 8.31. The highest BCUT2D eigenvalue weighted by molar-refractivity contribution is 5.79. The average molecular weight is 304 g/mol. The van der Waals surface area contributed by atoms with Gasteiger partial charge in [-0.15, -0.1) is 0 Å². The van der Waals surface area contributed by atoms with Crippen molar-refractivity contribution >= 4 is 11.8 Å². The number of nitrogens with zero attached hydrogens (tertiary/aromatic N) is 2. The molecule has 1 aromatic rings. The number of amides is 2. The van der Waals surface area contributed by atoms with Gasteiger partial charge in [0.05, 0.1) is 0 Å². The minimum Gasteiger partial charge on any atom is -0.483 e. The summed E-state index contributed by atoms with van der Waals surface area (Å²) in [7, 11) is 0. The van der Waals surface area contributed by atoms with Crippen LogP contribution in [0.5, 0.6) is 5.75 Å². The number of hydrogen-bond acceptors (Lipinski definition) is 3. The van der Waals surface area contributed by atoms with Crippen molar-refractivity contribution in [2.75, 3.05) is 32.8 Å². The molecule has 1 heterocycles. The predicted molar refractivity (Wildman–Crippen MR) is 84.9 cm³/mol. The van der Waals surface area contributed by atoms with Crippen LogP contribution >= 0.6 is 0 Å². The first kappa shape index (κ1) is 16.3. The Morgan fingerprint density at radius 2 is 1.64 bits per heavy atom. The quantitative estimate of drug-likeness (QED) is 0.852. The SMILES string of the molecule is CCC(=O)N1CCN(C(=O)COc2cccc(C)c2C)CC1. The van der Waals surface area contributed by atoms with Crippen molar-refractivity contribution in [1.82, 2.24) is 9.80 Å². The molecule has 1 saturated heterocycles. The van der Waals surface area contributed by atoms with E-state index in [9.17, 15) is 9.59 Å². The van der Waals surface area contributed by atoms with Gasteiger partial charge in [0.1, 0.15) is 5.75 Å². The maximum absolute atomic E-state index is 12.2. The molecule has 0 radical (unpaired) electrons. The van der Waals surface area contributed by atoms with E-state index in [2.05, 4.69) is 0 Å². The zero-order valence-corrected chi connectivity index (χ0v) is 13.6. The Balaban J connectivity index is 1.84. The third kappa shape index (κ3) is 3.78. The second-order valence-corrected chi connectivity index (χ2v) is 5.60. The molecular formula is C17H24N2O3. The number of aryl methyl sites for hydroxylation is 1. The van der Waals surface area contributed by atoms with Gasteiger partial charge in [-0.2, -0.15) is 0 Å². The molecule has 120 valence electrons. The Labute approximate surface area is 131 Å². The fraction of sp³-hybridized carbons (Fsp3) is 0.529. The van der Waals surface area contributed by atoms with E-state index in [1.165, 1.54) is 0 Å². The van der Waals surface area contributed by atoms with Gasteiger partial charge in [0.25, 0.3) is 5.91 Å². The Kier molecular flexibility index (Phi) is 5.41. The molecule has 0 bridgehead atoms. The Morgan fingerprint density at radius 1 is 1.05 bits per heavy atom. The van der Waals surface area contributed by atoms with Crippen LogP contribution in [-0.4, -0.2) is 54.4 Å². The van der Waals surface area contributed by atoms with Crippen LogP contribution in [0.3, 0.4) is 0 Å². The molecule has 2 amide bonds. The van der Waals surface area contributed by atoms with E-state index >= 15 is 0 Å². The summed E-state index contributed by atoms with van der Waals surface area (Å²) in [5, 5.41) is 0. The highest BCUT2D eigenvalue weighted by Gasteiger charge is 2.23. The molecule has 0 saturated carbocycles. The number of benzene rings is 1. The standard InChI is InChI=1S/C17H24N2O3/c1-4-16(20)18-8-10-19(11-9-18)17(21)12-22-15-7-5-6-13(2)14(15)3/h5-7H,4,8-12H2,1-3H3. The fourth-order valence-electron chi connectivity index (χ4n) is 2.54. The maximum atomic E-state index is 12.2. The van der Waals surface area contributed by atoms with E-state index in [1.807, 2.05) is 43.9 Å². The topological polar surface area (TPSA) is 49.9 Å². The van der Waals surface area contributed by atoms with Crippen LogP contribution in [0.2, 0.25) is 0 Å². The monoisotopic (exact) mass is 304 g/mol. The Bertz CT molecular complexity index is 549. The molecule has 0 aliphatic carbocycles. The summed E-state index contributed by atoms with van der Waals surface area (Å²) >= 11 is 0. The molecule has 2 rings (SSSR count). The molecule has 0 N–H and O–H groups in total. The van der Waals surface area contributed by atoms with Crippen molar-refractivity contribution in [3.8, 4) is 5.75 Å². The van der Waals surface area contributed by atoms with Gasteiger partial charge in [-0.05, 0) is 31.0 Å². The third-order valence-corrected chi connectivity index (χ3v) is 4.19. The lowest BCUT2D eigenvalue weighted by Crippen LogP contribution is -2.51. The zero-order chi connectivity index (χ0) is 16.1. The summed E-state index contributed by atoms with van der Waals surface area (Å²) in [4.78, 5) is 27.4. The van der Waals surface area contributed by atoms with E-state index < -0.39 is 0 Å². The lowest BCUT2D eigenvalue weighted by molar-refractivity contribution is -0.140. The van der Waals surface area contributed by atoms with Gasteiger partial charge in [-0.3, -0.25) is 9.59 Å². The number of hydrogen-bond donors (Lipinski definition) is 0. The van der Waals surface area contributed by atoms with Crippen LogP contribution < -0.4 is 4.74 Å². The highest BCUT2D eigenvalue weighted by Crippen LogP contribution is 2.20. The lowest BCUT2D eigenvalue weighted by atomic mass is 10.1. The van der Waals surface area contributed by atoms with E-state index in [0.29, 0.717) is 32.6 Å². The average Bonchev–Trinajstić information content (AvgIpc) is 2.55. The van der Waals surface area contributed by atoms with Gasteiger partial charge in [0.15, 0.2) is 6.61 Å². The fourth-order valence-corrected chi connectivity index (χ4v) is 2.54. The molecule has 0 aromatic heterocycles. The van der Waals surface area contributed by atoms with E-state index in [-0.39, 0.29) is 18.4 Å². The molecule has 1 aliphatic rings. The molecule has 1 aliphatic heterocycles. The first-order valence-corrected chi connectivity index (χ1v) is 7.77. The Morgan fingerprint density at radius 3 is 2.23 bits per heavy atom. The number of carbonyl (C=O) groups is 2. The summed E-state index contributed by atoms with van der Waals surface area (Å²) in [5.74, 6) is 0.886. The van der Waals surface area contributed by atoms with Crippen LogP contribution in [0, 0.1) is 13.8 Å². The normalized spacial score (nSPS) is 14.9. The smallest absolute Gasteiger partial charge is 0.260 e. The summed E-state index contributed by atoms with van der Waals surface area (Å²) in [6.07, 6.45) is 0.518. The highest BCUT2D eigenvalue weighted by atomic mass is 16.5. The van der Waals surface area contributed by atoms with Crippen LogP contribution in [0.25, 0.3) is 0 Å². The van der Waals surface area contributed by atoms with Crippen LogP contribution in [-0.2, 0) is 9.59 Å². The van der Waals surface area contributed by atoms with Gasteiger partial charge in [-0.1, -0.05) is 19.1 Å². The molecular weight excluding hydrogens is 280 g/mol. The van der Waals surface area contributed by atoms with Crippen molar-refractivity contribution in [2.24, 2.45) is 0 Å². The summed E-state index contributed by atoms with van der Waals surface area (Å²) in [6, 6.07) is 5.83. The number of ether oxygens (including phenoxy) is 1. The van der Waals surface area contributed by atoms with Crippen molar-refractivity contribution < 1.29 is 14.3 Å². The van der Waals surface area contributed by atoms with Gasteiger partial charge in [0, 0.05) is 32.6 Å². The molecule has 22 heavy (non-hydrogen) atoms. The van der Waals surface area contributed by atoms with Gasteiger partial charge >= 0.3 is 0 Å². The van der Waals surface area contributed by atoms with Crippen molar-refractivity contribution in [3.63, 3.8) is 0 Å². The molecule has 0 atom stereocenters. The third-order valence-electron chi connectivity index (χ3n) is 4.19. The molecule has 1 fully saturated rings. The van der Waals surface area contributed by atoms with E-state index in [4.69, 9.17) is 4.74 Å². The van der Waals surface area contributed by atoms with Crippen LogP contribution in [0.15, 0.2) is 18.2 Å². The summed E-state index contributed by atoms with van der Waals surface area (Å²) in [5.41, 5.74) is 2.21. The zero-order valence-electron chi connectivity index (χ0n) is 13.6. The van der Waals surface area contributed by atoms with Crippen molar-refractivity contribution in [3.05, 3.63) is 29.3 Å². The lowest BCUT2D eigenvalue weighted by Gasteiger charge is -2.34. The second-order valence-electron chi connectivity index (χ2n) is 5.60. The van der Waals surface area contributed by atoms with Gasteiger partial charge in [-0.25, -0.2) is 0 Å². The molecule has 1 aromatic carbocycles. The largest absolute Gasteiger partial charge is 0.483 e. The maximum Gasteiger partial charge on any atom is 0.260 e. The number of piperazine rings is 1. The van der Waals surface area contributed by atoms with Gasteiger partial charge in [0.2, 0.25) is 5.91 Å². The van der Waals surface area contributed by atoms with Gasteiger partial charge < -0.3 is 14.5 Å².